The minimum Gasteiger partial charge on any atom is -0.381 e. The highest BCUT2D eigenvalue weighted by Gasteiger charge is 2.35. The van der Waals surface area contributed by atoms with Crippen LogP contribution in [-0.2, 0) is 4.74 Å². The van der Waals surface area contributed by atoms with Gasteiger partial charge >= 0.3 is 0 Å². The van der Waals surface area contributed by atoms with Crippen LogP contribution in [0.2, 0.25) is 0 Å². The quantitative estimate of drug-likeness (QED) is 0.801. The summed E-state index contributed by atoms with van der Waals surface area (Å²) in [5.74, 6) is 0. The first-order valence-electron chi connectivity index (χ1n) is 8.26. The summed E-state index contributed by atoms with van der Waals surface area (Å²) in [6, 6.07) is 0.843. The van der Waals surface area contributed by atoms with Gasteiger partial charge in [0.15, 0.2) is 0 Å². The lowest BCUT2D eigenvalue weighted by Gasteiger charge is -2.44. The maximum Gasteiger partial charge on any atom is 0.0472 e. The molecule has 2 aliphatic rings. The lowest BCUT2D eigenvalue weighted by atomic mass is 9.78. The van der Waals surface area contributed by atoms with E-state index in [-0.39, 0.29) is 0 Å². The summed E-state index contributed by atoms with van der Waals surface area (Å²) in [6.07, 6.45) is 9.59. The summed E-state index contributed by atoms with van der Waals surface area (Å²) in [5, 5.41) is 3.43. The Morgan fingerprint density at radius 3 is 2.42 bits per heavy atom. The SMILES string of the molecule is CCN(CC1(CNC)CCOCC1)C1CCCCC1. The van der Waals surface area contributed by atoms with Gasteiger partial charge in [-0.05, 0) is 44.7 Å². The Balaban J connectivity index is 1.96. The fourth-order valence-electron chi connectivity index (χ4n) is 3.95. The maximum atomic E-state index is 5.59. The molecule has 112 valence electrons. The van der Waals surface area contributed by atoms with Crippen LogP contribution in [0.5, 0.6) is 0 Å². The van der Waals surface area contributed by atoms with Crippen molar-refractivity contribution in [3.05, 3.63) is 0 Å². The second kappa shape index (κ2) is 7.61. The molecule has 1 aliphatic heterocycles. The monoisotopic (exact) mass is 268 g/mol. The molecule has 2 rings (SSSR count). The van der Waals surface area contributed by atoms with Crippen molar-refractivity contribution in [1.82, 2.24) is 10.2 Å². The Labute approximate surface area is 119 Å². The molecule has 0 amide bonds. The zero-order valence-electron chi connectivity index (χ0n) is 12.9. The van der Waals surface area contributed by atoms with Crippen molar-refractivity contribution in [3.63, 3.8) is 0 Å². The maximum absolute atomic E-state index is 5.59. The Morgan fingerprint density at radius 1 is 1.16 bits per heavy atom. The molecular weight excluding hydrogens is 236 g/mol. The highest BCUT2D eigenvalue weighted by atomic mass is 16.5. The molecule has 1 aliphatic carbocycles. The molecule has 1 saturated carbocycles. The normalized spacial score (nSPS) is 24.8. The summed E-state index contributed by atoms with van der Waals surface area (Å²) in [7, 11) is 2.09. The predicted octanol–water partition coefficient (Wildman–Crippen LogP) is 2.66. The Kier molecular flexibility index (Phi) is 6.11. The molecule has 3 heteroatoms. The summed E-state index contributed by atoms with van der Waals surface area (Å²) >= 11 is 0. The predicted molar refractivity (Wildman–Crippen MR) is 80.5 cm³/mol. The van der Waals surface area contributed by atoms with Gasteiger partial charge in [-0.2, -0.15) is 0 Å². The van der Waals surface area contributed by atoms with E-state index in [0.717, 1.165) is 25.8 Å². The summed E-state index contributed by atoms with van der Waals surface area (Å²) in [6.45, 7) is 7.84. The van der Waals surface area contributed by atoms with Gasteiger partial charge < -0.3 is 15.0 Å². The molecule has 0 aromatic rings. The highest BCUT2D eigenvalue weighted by Crippen LogP contribution is 2.33. The van der Waals surface area contributed by atoms with Crippen LogP contribution < -0.4 is 5.32 Å². The first-order valence-corrected chi connectivity index (χ1v) is 8.26. The number of hydrogen-bond acceptors (Lipinski definition) is 3. The Hall–Kier alpha value is -0.120. The van der Waals surface area contributed by atoms with Crippen molar-refractivity contribution in [2.24, 2.45) is 5.41 Å². The Morgan fingerprint density at radius 2 is 1.84 bits per heavy atom. The van der Waals surface area contributed by atoms with Gasteiger partial charge in [-0.3, -0.25) is 0 Å². The molecule has 1 heterocycles. The van der Waals surface area contributed by atoms with Crippen LogP contribution in [0, 0.1) is 5.41 Å². The zero-order chi connectivity index (χ0) is 13.6. The molecule has 2 fully saturated rings. The minimum atomic E-state index is 0.445. The first kappa shape index (κ1) is 15.3. The molecule has 0 unspecified atom stereocenters. The summed E-state index contributed by atoms with van der Waals surface area (Å²) in [5.41, 5.74) is 0.445. The van der Waals surface area contributed by atoms with Crippen molar-refractivity contribution in [2.45, 2.75) is 57.9 Å². The molecule has 1 N–H and O–H groups in total. The highest BCUT2D eigenvalue weighted by molar-refractivity contribution is 4.89. The van der Waals surface area contributed by atoms with Crippen LogP contribution in [0.1, 0.15) is 51.9 Å². The van der Waals surface area contributed by atoms with Gasteiger partial charge in [-0.1, -0.05) is 26.2 Å². The Bertz CT molecular complexity index is 240. The average molecular weight is 268 g/mol. The van der Waals surface area contributed by atoms with Gasteiger partial charge in [0.1, 0.15) is 0 Å². The molecule has 1 saturated heterocycles. The van der Waals surface area contributed by atoms with Gasteiger partial charge in [0.25, 0.3) is 0 Å². The largest absolute Gasteiger partial charge is 0.381 e. The summed E-state index contributed by atoms with van der Waals surface area (Å²) in [4.78, 5) is 2.77. The van der Waals surface area contributed by atoms with Crippen molar-refractivity contribution in [2.75, 3.05) is 39.9 Å². The average Bonchev–Trinajstić information content (AvgIpc) is 2.47. The zero-order valence-corrected chi connectivity index (χ0v) is 12.9. The van der Waals surface area contributed by atoms with Crippen molar-refractivity contribution >= 4 is 0 Å². The molecule has 19 heavy (non-hydrogen) atoms. The number of nitrogens with one attached hydrogen (secondary N) is 1. The molecular formula is C16H32N2O. The second-order valence-electron chi connectivity index (χ2n) is 6.50. The molecule has 3 nitrogen and oxygen atoms in total. The lowest BCUT2D eigenvalue weighted by Crippen LogP contribution is -2.50. The van der Waals surface area contributed by atoms with Gasteiger partial charge in [0, 0.05) is 32.3 Å². The standard InChI is InChI=1S/C16H32N2O/c1-3-18(15-7-5-4-6-8-15)14-16(13-17-2)9-11-19-12-10-16/h15,17H,3-14H2,1-2H3. The van der Waals surface area contributed by atoms with E-state index in [2.05, 4.69) is 24.2 Å². The first-order chi connectivity index (χ1) is 9.29. The van der Waals surface area contributed by atoms with Crippen molar-refractivity contribution in [1.29, 1.82) is 0 Å². The molecule has 0 aromatic carbocycles. The third kappa shape index (κ3) is 4.17. The fourth-order valence-corrected chi connectivity index (χ4v) is 3.95. The van der Waals surface area contributed by atoms with Crippen LogP contribution >= 0.6 is 0 Å². The van der Waals surface area contributed by atoms with E-state index < -0.39 is 0 Å². The lowest BCUT2D eigenvalue weighted by molar-refractivity contribution is -0.0132. The smallest absolute Gasteiger partial charge is 0.0472 e. The van der Waals surface area contributed by atoms with E-state index in [9.17, 15) is 0 Å². The number of rotatable bonds is 6. The number of ether oxygens (including phenoxy) is 1. The van der Waals surface area contributed by atoms with E-state index >= 15 is 0 Å². The molecule has 0 radical (unpaired) electrons. The second-order valence-corrected chi connectivity index (χ2v) is 6.50. The molecule has 0 spiro atoms. The molecule has 0 aromatic heterocycles. The van der Waals surface area contributed by atoms with Crippen LogP contribution in [0.4, 0.5) is 0 Å². The minimum absolute atomic E-state index is 0.445. The summed E-state index contributed by atoms with van der Waals surface area (Å²) < 4.78 is 5.59. The van der Waals surface area contributed by atoms with Crippen LogP contribution in [0.25, 0.3) is 0 Å². The van der Waals surface area contributed by atoms with Gasteiger partial charge in [-0.25, -0.2) is 0 Å². The topological polar surface area (TPSA) is 24.5 Å². The number of hydrogen-bond donors (Lipinski definition) is 1. The van der Waals surface area contributed by atoms with Gasteiger partial charge in [-0.15, -0.1) is 0 Å². The van der Waals surface area contributed by atoms with E-state index in [0.29, 0.717) is 5.41 Å². The van der Waals surface area contributed by atoms with Crippen LogP contribution in [0.15, 0.2) is 0 Å². The van der Waals surface area contributed by atoms with E-state index in [4.69, 9.17) is 4.74 Å². The van der Waals surface area contributed by atoms with E-state index in [1.54, 1.807) is 0 Å². The van der Waals surface area contributed by atoms with E-state index in [1.165, 1.54) is 58.0 Å². The fraction of sp³-hybridized carbons (Fsp3) is 1.00. The van der Waals surface area contributed by atoms with Crippen LogP contribution in [-0.4, -0.2) is 50.8 Å². The van der Waals surface area contributed by atoms with Crippen molar-refractivity contribution in [3.8, 4) is 0 Å². The third-order valence-electron chi connectivity index (χ3n) is 5.14. The van der Waals surface area contributed by atoms with Crippen molar-refractivity contribution < 1.29 is 4.74 Å². The van der Waals surface area contributed by atoms with E-state index in [1.807, 2.05) is 0 Å². The van der Waals surface area contributed by atoms with Gasteiger partial charge in [0.05, 0.1) is 0 Å². The van der Waals surface area contributed by atoms with Gasteiger partial charge in [0.2, 0.25) is 0 Å². The van der Waals surface area contributed by atoms with Crippen LogP contribution in [0.3, 0.4) is 0 Å². The third-order valence-corrected chi connectivity index (χ3v) is 5.14. The number of nitrogens with zero attached hydrogens (tertiary/aromatic N) is 1. The molecule has 0 atom stereocenters. The molecule has 0 bridgehead atoms.